The van der Waals surface area contributed by atoms with Crippen LogP contribution in [0, 0.1) is 20.8 Å². The van der Waals surface area contributed by atoms with Gasteiger partial charge < -0.3 is 5.32 Å². The van der Waals surface area contributed by atoms with Gasteiger partial charge in [0.1, 0.15) is 0 Å². The highest BCUT2D eigenvalue weighted by molar-refractivity contribution is 8.00. The summed E-state index contributed by atoms with van der Waals surface area (Å²) < 4.78 is 1.99. The molecule has 1 atom stereocenters. The Morgan fingerprint density at radius 2 is 1.79 bits per heavy atom. The van der Waals surface area contributed by atoms with E-state index in [4.69, 9.17) is 11.6 Å². The average molecular weight is 478 g/mol. The number of nitrogens with one attached hydrogen (secondary N) is 1. The summed E-state index contributed by atoms with van der Waals surface area (Å²) >= 11 is 7.55. The van der Waals surface area contributed by atoms with Crippen LogP contribution >= 0.6 is 23.4 Å². The van der Waals surface area contributed by atoms with Crippen LogP contribution in [-0.2, 0) is 4.79 Å². The quantitative estimate of drug-likeness (QED) is 0.343. The summed E-state index contributed by atoms with van der Waals surface area (Å²) in [4.78, 5) is 17.1. The van der Waals surface area contributed by atoms with Gasteiger partial charge >= 0.3 is 0 Å². The van der Waals surface area contributed by atoms with E-state index in [-0.39, 0.29) is 5.91 Å². The summed E-state index contributed by atoms with van der Waals surface area (Å²) in [5.74, 6) is 0.562. The molecule has 1 amide bonds. The van der Waals surface area contributed by atoms with Gasteiger partial charge in [-0.2, -0.15) is 0 Å². The summed E-state index contributed by atoms with van der Waals surface area (Å²) in [6, 6.07) is 15.5. The zero-order valence-corrected chi connectivity index (χ0v) is 20.4. The number of thioether (sulfide) groups is 1. The normalized spacial score (nSPS) is 11.9. The smallest absolute Gasteiger partial charge is 0.237 e. The van der Waals surface area contributed by atoms with Crippen LogP contribution in [0.15, 0.2) is 66.1 Å². The third-order valence-electron chi connectivity index (χ3n) is 5.50. The number of hydrogen-bond donors (Lipinski definition) is 1. The van der Waals surface area contributed by atoms with E-state index in [0.29, 0.717) is 21.7 Å². The molecule has 2 aromatic carbocycles. The van der Waals surface area contributed by atoms with Crippen molar-refractivity contribution in [3.8, 4) is 17.1 Å². The Bertz CT molecular complexity index is 1310. The van der Waals surface area contributed by atoms with Gasteiger partial charge in [0.15, 0.2) is 11.0 Å². The first-order valence-corrected chi connectivity index (χ1v) is 11.8. The van der Waals surface area contributed by atoms with Crippen LogP contribution in [0.4, 0.5) is 5.69 Å². The lowest BCUT2D eigenvalue weighted by molar-refractivity contribution is -0.115. The monoisotopic (exact) mass is 477 g/mol. The van der Waals surface area contributed by atoms with Crippen LogP contribution < -0.4 is 5.32 Å². The van der Waals surface area contributed by atoms with E-state index < -0.39 is 5.25 Å². The van der Waals surface area contributed by atoms with E-state index in [1.54, 1.807) is 18.5 Å². The molecule has 0 aliphatic carbocycles. The molecular formula is C25H24ClN5OS. The van der Waals surface area contributed by atoms with Gasteiger partial charge in [-0.05, 0) is 80.8 Å². The average Bonchev–Trinajstić information content (AvgIpc) is 3.22. The van der Waals surface area contributed by atoms with Crippen LogP contribution in [0.1, 0.15) is 23.6 Å². The van der Waals surface area contributed by atoms with Crippen LogP contribution in [0.25, 0.3) is 17.1 Å². The fraction of sp³-hybridized carbons (Fsp3) is 0.200. The van der Waals surface area contributed by atoms with Crippen molar-refractivity contribution in [3.05, 3.63) is 82.6 Å². The summed E-state index contributed by atoms with van der Waals surface area (Å²) in [5, 5.41) is 12.7. The summed E-state index contributed by atoms with van der Waals surface area (Å²) in [7, 11) is 0. The number of nitrogens with zero attached hydrogens (tertiary/aromatic N) is 4. The predicted molar refractivity (Wildman–Crippen MR) is 134 cm³/mol. The number of carbonyl (C=O) groups excluding carboxylic acids is 1. The van der Waals surface area contributed by atoms with E-state index >= 15 is 0 Å². The zero-order valence-electron chi connectivity index (χ0n) is 18.8. The Morgan fingerprint density at radius 3 is 2.52 bits per heavy atom. The van der Waals surface area contributed by atoms with E-state index in [0.717, 1.165) is 16.8 Å². The number of hydrogen-bond acceptors (Lipinski definition) is 5. The fourth-order valence-corrected chi connectivity index (χ4v) is 4.36. The minimum absolute atomic E-state index is 0.134. The molecule has 0 fully saturated rings. The van der Waals surface area contributed by atoms with E-state index in [2.05, 4.69) is 46.5 Å². The SMILES string of the molecule is Cc1ccc(-n2c(SC(C)C(=O)Nc3cccc(Cl)c3C)nnc2-c2ccncc2)cc1C. The van der Waals surface area contributed by atoms with Crippen molar-refractivity contribution in [2.45, 2.75) is 38.1 Å². The zero-order chi connectivity index (χ0) is 23.5. The Balaban J connectivity index is 1.67. The van der Waals surface area contributed by atoms with Crippen molar-refractivity contribution >= 4 is 35.0 Å². The summed E-state index contributed by atoms with van der Waals surface area (Å²) in [5.41, 5.74) is 5.75. The Morgan fingerprint density at radius 1 is 1.03 bits per heavy atom. The molecule has 0 radical (unpaired) electrons. The Kier molecular flexibility index (Phi) is 6.81. The van der Waals surface area contributed by atoms with Crippen molar-refractivity contribution in [1.82, 2.24) is 19.7 Å². The van der Waals surface area contributed by atoms with Gasteiger partial charge in [-0.25, -0.2) is 0 Å². The number of rotatable bonds is 6. The van der Waals surface area contributed by atoms with E-state index in [1.807, 2.05) is 48.7 Å². The van der Waals surface area contributed by atoms with Gasteiger partial charge in [-0.1, -0.05) is 35.5 Å². The number of amides is 1. The molecule has 4 aromatic rings. The highest BCUT2D eigenvalue weighted by Crippen LogP contribution is 2.31. The summed E-state index contributed by atoms with van der Waals surface area (Å²) in [6.07, 6.45) is 3.45. The molecule has 2 aromatic heterocycles. The van der Waals surface area contributed by atoms with Crippen molar-refractivity contribution in [2.75, 3.05) is 5.32 Å². The molecule has 168 valence electrons. The second-order valence-electron chi connectivity index (χ2n) is 7.81. The molecule has 8 heteroatoms. The largest absolute Gasteiger partial charge is 0.325 e. The molecule has 2 heterocycles. The molecule has 6 nitrogen and oxygen atoms in total. The molecule has 0 spiro atoms. The lowest BCUT2D eigenvalue weighted by Crippen LogP contribution is -2.23. The molecule has 1 N–H and O–H groups in total. The maximum atomic E-state index is 13.0. The fourth-order valence-electron chi connectivity index (χ4n) is 3.32. The molecule has 0 saturated heterocycles. The molecule has 0 aliphatic rings. The van der Waals surface area contributed by atoms with Crippen LogP contribution in [0.2, 0.25) is 5.02 Å². The summed E-state index contributed by atoms with van der Waals surface area (Å²) in [6.45, 7) is 7.89. The van der Waals surface area contributed by atoms with Gasteiger partial charge in [0.05, 0.1) is 10.9 Å². The number of carbonyl (C=O) groups is 1. The maximum Gasteiger partial charge on any atom is 0.237 e. The van der Waals surface area contributed by atoms with E-state index in [9.17, 15) is 4.79 Å². The molecule has 0 aliphatic heterocycles. The van der Waals surface area contributed by atoms with Gasteiger partial charge in [0.25, 0.3) is 0 Å². The third-order valence-corrected chi connectivity index (χ3v) is 6.95. The molecule has 33 heavy (non-hydrogen) atoms. The molecule has 4 rings (SSSR count). The number of benzene rings is 2. The number of halogens is 1. The van der Waals surface area contributed by atoms with Crippen LogP contribution in [0.3, 0.4) is 0 Å². The topological polar surface area (TPSA) is 72.7 Å². The Hall–Kier alpha value is -3.16. The minimum atomic E-state index is -0.414. The predicted octanol–water partition coefficient (Wildman–Crippen LogP) is 6.03. The first-order valence-electron chi connectivity index (χ1n) is 10.5. The minimum Gasteiger partial charge on any atom is -0.325 e. The lowest BCUT2D eigenvalue weighted by atomic mass is 10.1. The first-order chi connectivity index (χ1) is 15.8. The second kappa shape index (κ2) is 9.77. The van der Waals surface area contributed by atoms with Crippen molar-refractivity contribution in [2.24, 2.45) is 0 Å². The van der Waals surface area contributed by atoms with Crippen molar-refractivity contribution in [1.29, 1.82) is 0 Å². The van der Waals surface area contributed by atoms with Crippen molar-refractivity contribution < 1.29 is 4.79 Å². The number of anilines is 1. The number of pyridine rings is 1. The lowest BCUT2D eigenvalue weighted by Gasteiger charge is -2.16. The maximum absolute atomic E-state index is 13.0. The van der Waals surface area contributed by atoms with Crippen LogP contribution in [0.5, 0.6) is 0 Å². The molecular weight excluding hydrogens is 454 g/mol. The van der Waals surface area contributed by atoms with Gasteiger partial charge in [0, 0.05) is 28.7 Å². The molecule has 1 unspecified atom stereocenters. The third kappa shape index (κ3) is 4.94. The van der Waals surface area contributed by atoms with Gasteiger partial charge in [-0.15, -0.1) is 10.2 Å². The van der Waals surface area contributed by atoms with Crippen LogP contribution in [-0.4, -0.2) is 30.9 Å². The number of aryl methyl sites for hydroxylation is 2. The Labute approximate surface area is 202 Å². The van der Waals surface area contributed by atoms with Gasteiger partial charge in [0.2, 0.25) is 5.91 Å². The second-order valence-corrected chi connectivity index (χ2v) is 9.52. The van der Waals surface area contributed by atoms with Crippen molar-refractivity contribution in [3.63, 3.8) is 0 Å². The first kappa shape index (κ1) is 23.0. The van der Waals surface area contributed by atoms with E-state index in [1.165, 1.54) is 22.9 Å². The standard InChI is InChI=1S/C25H24ClN5OS/c1-15-8-9-20(14-16(15)2)31-23(19-10-12-27-13-11-19)29-30-25(31)33-18(4)24(32)28-22-7-5-6-21(26)17(22)3/h5-14,18H,1-4H3,(H,28,32). The number of aromatic nitrogens is 4. The molecule has 0 saturated carbocycles. The highest BCUT2D eigenvalue weighted by Gasteiger charge is 2.22. The molecule has 0 bridgehead atoms. The van der Waals surface area contributed by atoms with Gasteiger partial charge in [-0.3, -0.25) is 14.3 Å². The highest BCUT2D eigenvalue weighted by atomic mass is 35.5.